The quantitative estimate of drug-likeness (QED) is 0.320. The van der Waals surface area contributed by atoms with Gasteiger partial charge in [-0.2, -0.15) is 0 Å². The van der Waals surface area contributed by atoms with Gasteiger partial charge in [0.1, 0.15) is 28.7 Å². The Kier molecular flexibility index (Phi) is 5.65. The van der Waals surface area contributed by atoms with Gasteiger partial charge >= 0.3 is 0 Å². The van der Waals surface area contributed by atoms with E-state index in [1.165, 1.54) is 0 Å². The van der Waals surface area contributed by atoms with Crippen molar-refractivity contribution in [3.8, 4) is 28.7 Å². The predicted molar refractivity (Wildman–Crippen MR) is 127 cm³/mol. The number of aromatic hydroxyl groups is 3. The molecule has 0 saturated heterocycles. The summed E-state index contributed by atoms with van der Waals surface area (Å²) >= 11 is 0. The maximum absolute atomic E-state index is 10.6. The fourth-order valence-electron chi connectivity index (χ4n) is 3.52. The zero-order valence-corrected chi connectivity index (χ0v) is 18.2. The summed E-state index contributed by atoms with van der Waals surface area (Å²) in [4.78, 5) is 1.81. The molecule has 0 radical (unpaired) electrons. The van der Waals surface area contributed by atoms with E-state index in [-0.39, 0.29) is 17.2 Å². The highest BCUT2D eigenvalue weighted by Crippen LogP contribution is 2.44. The molecular formula is C27H25NO4. The number of phenolic OH excluding ortho intramolecular Hbond substituents is 3. The number of benzene rings is 4. The summed E-state index contributed by atoms with van der Waals surface area (Å²) in [6.45, 7) is 5.81. The van der Waals surface area contributed by atoms with Crippen LogP contribution in [0.4, 0.5) is 17.1 Å². The first-order valence-corrected chi connectivity index (χ1v) is 10.3. The van der Waals surface area contributed by atoms with E-state index in [1.807, 2.05) is 74.2 Å². The highest BCUT2D eigenvalue weighted by molar-refractivity contribution is 5.83. The fraction of sp³-hybridized carbons (Fsp3) is 0.111. The predicted octanol–water partition coefficient (Wildman–Crippen LogP) is 6.99. The van der Waals surface area contributed by atoms with Crippen LogP contribution in [0.3, 0.4) is 0 Å². The number of nitrogens with zero attached hydrogens (tertiary/aromatic N) is 1. The van der Waals surface area contributed by atoms with Crippen LogP contribution in [-0.4, -0.2) is 15.3 Å². The van der Waals surface area contributed by atoms with Gasteiger partial charge in [-0.3, -0.25) is 0 Å². The van der Waals surface area contributed by atoms with Crippen molar-refractivity contribution in [2.45, 2.75) is 20.8 Å². The van der Waals surface area contributed by atoms with E-state index >= 15 is 0 Å². The second-order valence-corrected chi connectivity index (χ2v) is 7.87. The Hall–Kier alpha value is -4.12. The van der Waals surface area contributed by atoms with Gasteiger partial charge in [0.15, 0.2) is 0 Å². The first-order valence-electron chi connectivity index (χ1n) is 10.3. The number of hydrogen-bond acceptors (Lipinski definition) is 5. The standard InChI is InChI=1S/C27H25NO4/c1-17-4-12-25(30)23(14-17)28(24-15-18(2)5-13-26(24)31)20-7-10-22(11-8-20)32-27-16-21(29)9-6-19(27)3/h4-16,29-31H,1-3H3. The van der Waals surface area contributed by atoms with Gasteiger partial charge in [-0.25, -0.2) is 0 Å². The van der Waals surface area contributed by atoms with E-state index in [0.717, 1.165) is 22.4 Å². The van der Waals surface area contributed by atoms with Crippen LogP contribution in [0.5, 0.6) is 28.7 Å². The molecule has 0 bridgehead atoms. The van der Waals surface area contributed by atoms with Gasteiger partial charge in [0, 0.05) is 11.8 Å². The topological polar surface area (TPSA) is 73.2 Å². The fourth-order valence-corrected chi connectivity index (χ4v) is 3.52. The third kappa shape index (κ3) is 4.32. The lowest BCUT2D eigenvalue weighted by molar-refractivity contribution is 0.453. The summed E-state index contributed by atoms with van der Waals surface area (Å²) in [6, 6.07) is 23.0. The molecule has 5 heteroatoms. The number of aryl methyl sites for hydroxylation is 3. The van der Waals surface area contributed by atoms with Gasteiger partial charge in [0.2, 0.25) is 0 Å². The molecule has 4 aromatic carbocycles. The van der Waals surface area contributed by atoms with E-state index in [0.29, 0.717) is 22.9 Å². The van der Waals surface area contributed by atoms with Crippen molar-refractivity contribution in [3.05, 3.63) is 95.6 Å². The molecule has 3 N–H and O–H groups in total. The highest BCUT2D eigenvalue weighted by atomic mass is 16.5. The third-order valence-electron chi connectivity index (χ3n) is 5.24. The second-order valence-electron chi connectivity index (χ2n) is 7.87. The summed E-state index contributed by atoms with van der Waals surface area (Å²) in [7, 11) is 0. The lowest BCUT2D eigenvalue weighted by Gasteiger charge is -2.27. The minimum absolute atomic E-state index is 0.104. The Morgan fingerprint density at radius 2 is 1.19 bits per heavy atom. The maximum atomic E-state index is 10.6. The van der Waals surface area contributed by atoms with Crippen molar-refractivity contribution >= 4 is 17.1 Å². The molecular weight excluding hydrogens is 402 g/mol. The van der Waals surface area contributed by atoms with Crippen molar-refractivity contribution in [2.75, 3.05) is 4.90 Å². The van der Waals surface area contributed by atoms with E-state index in [1.54, 1.807) is 30.3 Å². The molecule has 0 saturated carbocycles. The van der Waals surface area contributed by atoms with Gasteiger partial charge in [-0.05, 0) is 92.1 Å². The summed E-state index contributed by atoms with van der Waals surface area (Å²) < 4.78 is 5.94. The Labute approximate surface area is 187 Å². The van der Waals surface area contributed by atoms with Crippen molar-refractivity contribution in [2.24, 2.45) is 0 Å². The molecule has 4 aromatic rings. The van der Waals surface area contributed by atoms with Crippen molar-refractivity contribution in [1.82, 2.24) is 0 Å². The average molecular weight is 428 g/mol. The molecule has 162 valence electrons. The van der Waals surface area contributed by atoms with Crippen LogP contribution in [0, 0.1) is 20.8 Å². The molecule has 0 aliphatic heterocycles. The van der Waals surface area contributed by atoms with Crippen LogP contribution < -0.4 is 9.64 Å². The van der Waals surface area contributed by atoms with Crippen molar-refractivity contribution in [3.63, 3.8) is 0 Å². The molecule has 32 heavy (non-hydrogen) atoms. The monoisotopic (exact) mass is 427 g/mol. The van der Waals surface area contributed by atoms with Crippen LogP contribution in [0.15, 0.2) is 78.9 Å². The summed E-state index contributed by atoms with van der Waals surface area (Å²) in [5.41, 5.74) is 4.73. The number of hydrogen-bond donors (Lipinski definition) is 3. The summed E-state index contributed by atoms with van der Waals surface area (Å²) in [5.74, 6) is 1.52. The van der Waals surface area contributed by atoms with E-state index in [2.05, 4.69) is 0 Å². The minimum atomic E-state index is 0.104. The third-order valence-corrected chi connectivity index (χ3v) is 5.24. The van der Waals surface area contributed by atoms with Gasteiger partial charge in [-0.15, -0.1) is 0 Å². The SMILES string of the molecule is Cc1ccc(O)c(N(c2ccc(Oc3cc(O)ccc3C)cc2)c2cc(C)ccc2O)c1. The molecule has 0 fully saturated rings. The molecule has 0 atom stereocenters. The molecule has 0 aliphatic carbocycles. The van der Waals surface area contributed by atoms with E-state index in [9.17, 15) is 15.3 Å². The lowest BCUT2D eigenvalue weighted by atomic mass is 10.1. The van der Waals surface area contributed by atoms with Gasteiger partial charge in [0.05, 0.1) is 11.4 Å². The Morgan fingerprint density at radius 3 is 1.75 bits per heavy atom. The van der Waals surface area contributed by atoms with Crippen molar-refractivity contribution in [1.29, 1.82) is 0 Å². The Bertz CT molecular complexity index is 1210. The maximum Gasteiger partial charge on any atom is 0.139 e. The lowest BCUT2D eigenvalue weighted by Crippen LogP contribution is -2.11. The number of rotatable bonds is 5. The van der Waals surface area contributed by atoms with Crippen LogP contribution >= 0.6 is 0 Å². The van der Waals surface area contributed by atoms with Gasteiger partial charge in [0.25, 0.3) is 0 Å². The highest BCUT2D eigenvalue weighted by Gasteiger charge is 2.19. The molecule has 0 amide bonds. The van der Waals surface area contributed by atoms with Crippen LogP contribution in [0.1, 0.15) is 16.7 Å². The van der Waals surface area contributed by atoms with E-state index in [4.69, 9.17) is 4.74 Å². The van der Waals surface area contributed by atoms with Gasteiger partial charge < -0.3 is 25.0 Å². The van der Waals surface area contributed by atoms with Crippen LogP contribution in [0.2, 0.25) is 0 Å². The first kappa shape index (κ1) is 21.1. The zero-order valence-electron chi connectivity index (χ0n) is 18.2. The number of phenols is 3. The molecule has 0 aromatic heterocycles. The zero-order chi connectivity index (χ0) is 22.8. The van der Waals surface area contributed by atoms with Crippen LogP contribution in [0.25, 0.3) is 0 Å². The summed E-state index contributed by atoms with van der Waals surface area (Å²) in [5, 5.41) is 31.0. The van der Waals surface area contributed by atoms with E-state index < -0.39 is 0 Å². The average Bonchev–Trinajstić information content (AvgIpc) is 2.77. The normalized spacial score (nSPS) is 10.7. The smallest absolute Gasteiger partial charge is 0.139 e. The minimum Gasteiger partial charge on any atom is -0.508 e. The molecule has 4 rings (SSSR count). The molecule has 0 unspecified atom stereocenters. The summed E-state index contributed by atoms with van der Waals surface area (Å²) in [6.07, 6.45) is 0. The first-order chi connectivity index (χ1) is 15.3. The number of ether oxygens (including phenoxy) is 1. The largest absolute Gasteiger partial charge is 0.508 e. The Balaban J connectivity index is 1.77. The van der Waals surface area contributed by atoms with Crippen LogP contribution in [-0.2, 0) is 0 Å². The molecule has 0 heterocycles. The number of anilines is 3. The van der Waals surface area contributed by atoms with Gasteiger partial charge in [-0.1, -0.05) is 18.2 Å². The second kappa shape index (κ2) is 8.55. The Morgan fingerprint density at radius 1 is 0.625 bits per heavy atom. The van der Waals surface area contributed by atoms with Crippen molar-refractivity contribution < 1.29 is 20.1 Å². The molecule has 0 aliphatic rings. The molecule has 0 spiro atoms. The molecule has 5 nitrogen and oxygen atoms in total.